The van der Waals surface area contributed by atoms with Gasteiger partial charge in [-0.25, -0.2) is 0 Å². The number of phenolic OH excluding ortho intramolecular Hbond substituents is 1. The van der Waals surface area contributed by atoms with E-state index in [2.05, 4.69) is 35.0 Å². The molecule has 3 N–H and O–H groups in total. The van der Waals surface area contributed by atoms with E-state index in [-0.39, 0.29) is 17.9 Å². The molecule has 7 rings (SSSR count). The molecule has 2 aliphatic carbocycles. The third-order valence-electron chi connectivity index (χ3n) is 8.39. The third-order valence-corrected chi connectivity index (χ3v) is 8.39. The first-order chi connectivity index (χ1) is 14.6. The predicted molar refractivity (Wildman–Crippen MR) is 114 cm³/mol. The number of aromatic hydroxyl groups is 1. The lowest BCUT2D eigenvalue weighted by atomic mass is 9.49. The summed E-state index contributed by atoms with van der Waals surface area (Å²) in [5, 5.41) is 24.5. The molecule has 3 aromatic rings. The van der Waals surface area contributed by atoms with Gasteiger partial charge in [0.05, 0.1) is 16.7 Å². The van der Waals surface area contributed by atoms with Crippen LogP contribution >= 0.6 is 0 Å². The van der Waals surface area contributed by atoms with Crippen molar-refractivity contribution in [3.8, 4) is 11.5 Å². The van der Waals surface area contributed by atoms with E-state index in [4.69, 9.17) is 4.74 Å². The van der Waals surface area contributed by atoms with Gasteiger partial charge in [0.15, 0.2) is 17.6 Å². The van der Waals surface area contributed by atoms with Crippen LogP contribution < -0.4 is 4.74 Å². The van der Waals surface area contributed by atoms with Crippen molar-refractivity contribution in [2.24, 2.45) is 0 Å². The van der Waals surface area contributed by atoms with Crippen LogP contribution in [0, 0.1) is 0 Å². The Hall–Kier alpha value is -2.50. The van der Waals surface area contributed by atoms with E-state index in [9.17, 15) is 10.2 Å². The molecule has 1 spiro atoms. The first-order valence-corrected chi connectivity index (χ1v) is 11.2. The number of nitrogens with one attached hydrogen (secondary N) is 1. The Morgan fingerprint density at radius 2 is 2.10 bits per heavy atom. The highest BCUT2D eigenvalue weighted by Crippen LogP contribution is 2.68. The third kappa shape index (κ3) is 1.71. The second kappa shape index (κ2) is 5.40. The van der Waals surface area contributed by atoms with Gasteiger partial charge in [0, 0.05) is 28.9 Å². The van der Waals surface area contributed by atoms with E-state index in [1.54, 1.807) is 6.07 Å². The number of likely N-dealkylation sites (tertiary alicyclic amines) is 1. The van der Waals surface area contributed by atoms with Crippen molar-refractivity contribution in [3.05, 3.63) is 58.8 Å². The summed E-state index contributed by atoms with van der Waals surface area (Å²) >= 11 is 0. The smallest absolute Gasteiger partial charge is 0.166 e. The Bertz CT molecular complexity index is 1220. The molecule has 30 heavy (non-hydrogen) atoms. The number of aromatic amines is 1. The molecule has 1 unspecified atom stereocenters. The molecule has 2 aromatic carbocycles. The van der Waals surface area contributed by atoms with Crippen LogP contribution in [0.1, 0.15) is 48.3 Å². The molecule has 2 bridgehead atoms. The number of para-hydroxylation sites is 1. The maximum absolute atomic E-state index is 12.6. The lowest BCUT2D eigenvalue weighted by Crippen LogP contribution is -2.74. The molecule has 4 aliphatic rings. The molecule has 1 saturated heterocycles. The van der Waals surface area contributed by atoms with Gasteiger partial charge in [-0.05, 0) is 55.6 Å². The minimum absolute atomic E-state index is 0.0575. The summed E-state index contributed by atoms with van der Waals surface area (Å²) in [5.74, 6) is 0.775. The average Bonchev–Trinajstić information content (AvgIpc) is 3.27. The Morgan fingerprint density at radius 1 is 1.23 bits per heavy atom. The van der Waals surface area contributed by atoms with Crippen LogP contribution in [0.2, 0.25) is 0 Å². The zero-order chi connectivity index (χ0) is 20.3. The number of nitrogens with zero attached hydrogens (tertiary/aromatic N) is 1. The van der Waals surface area contributed by atoms with Gasteiger partial charge in [-0.15, -0.1) is 0 Å². The van der Waals surface area contributed by atoms with Crippen molar-refractivity contribution < 1.29 is 14.9 Å². The van der Waals surface area contributed by atoms with Crippen LogP contribution in [0.5, 0.6) is 11.5 Å². The molecule has 3 heterocycles. The number of hydrogen-bond donors (Lipinski definition) is 3. The number of H-pyrrole nitrogens is 1. The number of ether oxygens (including phenoxy) is 1. The van der Waals surface area contributed by atoms with Crippen LogP contribution in [0.3, 0.4) is 0 Å². The van der Waals surface area contributed by atoms with Gasteiger partial charge in [0.25, 0.3) is 0 Å². The second-order valence-corrected chi connectivity index (χ2v) is 9.59. The normalized spacial score (nSPS) is 33.3. The molecule has 1 aromatic heterocycles. The number of phenols is 1. The molecule has 4 atom stereocenters. The lowest BCUT2D eigenvalue weighted by Gasteiger charge is -2.62. The first-order valence-electron chi connectivity index (χ1n) is 11.2. The standard InChI is InChI=1S/C25H26N2O3/c1-2-10-27-11-9-24-20-14-7-8-18(28)22(20)30-23(24)21-16(13-25(24,29)19(27)12-14)15-5-3-4-6-17(15)26-21/h3-8,19,23,26,28-29H,2,9-13H2,1H3/t19?,23-,24-,25+/m0/s1. The van der Waals surface area contributed by atoms with Crippen molar-refractivity contribution >= 4 is 10.9 Å². The van der Waals surface area contributed by atoms with E-state index < -0.39 is 11.0 Å². The van der Waals surface area contributed by atoms with E-state index in [1.165, 1.54) is 16.5 Å². The highest BCUT2D eigenvalue weighted by Gasteiger charge is 2.72. The van der Waals surface area contributed by atoms with Gasteiger partial charge in [-0.2, -0.15) is 0 Å². The van der Waals surface area contributed by atoms with Crippen molar-refractivity contribution in [2.75, 3.05) is 13.1 Å². The van der Waals surface area contributed by atoms with Crippen molar-refractivity contribution in [1.29, 1.82) is 0 Å². The Labute approximate surface area is 175 Å². The molecule has 0 amide bonds. The number of aromatic nitrogens is 1. The van der Waals surface area contributed by atoms with Gasteiger partial charge in [0.1, 0.15) is 0 Å². The summed E-state index contributed by atoms with van der Waals surface area (Å²) < 4.78 is 6.57. The summed E-state index contributed by atoms with van der Waals surface area (Å²) in [6.45, 7) is 4.15. The van der Waals surface area contributed by atoms with Gasteiger partial charge in [-0.3, -0.25) is 4.90 Å². The molecule has 2 aliphatic heterocycles. The summed E-state index contributed by atoms with van der Waals surface area (Å²) in [6.07, 6.45) is 3.03. The van der Waals surface area contributed by atoms with Gasteiger partial charge in [-0.1, -0.05) is 31.2 Å². The Balaban J connectivity index is 1.56. The topological polar surface area (TPSA) is 68.7 Å². The fraction of sp³-hybridized carbons (Fsp3) is 0.440. The second-order valence-electron chi connectivity index (χ2n) is 9.59. The summed E-state index contributed by atoms with van der Waals surface area (Å²) in [6, 6.07) is 12.2. The highest BCUT2D eigenvalue weighted by molar-refractivity contribution is 5.86. The minimum Gasteiger partial charge on any atom is -0.504 e. The zero-order valence-electron chi connectivity index (χ0n) is 17.1. The predicted octanol–water partition coefficient (Wildman–Crippen LogP) is 3.57. The molecule has 0 radical (unpaired) electrons. The van der Waals surface area contributed by atoms with E-state index in [1.807, 2.05) is 12.1 Å². The van der Waals surface area contributed by atoms with Crippen molar-refractivity contribution in [3.63, 3.8) is 0 Å². The maximum Gasteiger partial charge on any atom is 0.166 e. The summed E-state index contributed by atoms with van der Waals surface area (Å²) in [5.41, 5.74) is 4.18. The molecule has 154 valence electrons. The summed E-state index contributed by atoms with van der Waals surface area (Å²) in [4.78, 5) is 6.12. The van der Waals surface area contributed by atoms with Crippen LogP contribution in [-0.4, -0.2) is 44.8 Å². The van der Waals surface area contributed by atoms with Crippen molar-refractivity contribution in [1.82, 2.24) is 9.88 Å². The Morgan fingerprint density at radius 3 is 2.97 bits per heavy atom. The van der Waals surface area contributed by atoms with Gasteiger partial charge >= 0.3 is 0 Å². The van der Waals surface area contributed by atoms with Gasteiger partial charge < -0.3 is 19.9 Å². The molecule has 1 fully saturated rings. The molecular weight excluding hydrogens is 376 g/mol. The van der Waals surface area contributed by atoms with Crippen LogP contribution in [-0.2, 0) is 18.3 Å². The van der Waals surface area contributed by atoms with Gasteiger partial charge in [0.2, 0.25) is 0 Å². The molecule has 5 heteroatoms. The fourth-order valence-corrected chi connectivity index (χ4v) is 7.28. The summed E-state index contributed by atoms with van der Waals surface area (Å²) in [7, 11) is 0. The zero-order valence-corrected chi connectivity index (χ0v) is 17.1. The Kier molecular flexibility index (Phi) is 3.10. The number of aliphatic hydroxyl groups is 1. The SMILES string of the molecule is CCCN1CC[C@]23c4c5ccc(O)c4O[C@H]2c2[nH]c4ccccc4c2C[C@@]3(O)C1C5. The largest absolute Gasteiger partial charge is 0.504 e. The minimum atomic E-state index is -0.922. The fourth-order valence-electron chi connectivity index (χ4n) is 7.28. The van der Waals surface area contributed by atoms with E-state index in [0.717, 1.165) is 49.1 Å². The van der Waals surface area contributed by atoms with E-state index >= 15 is 0 Å². The number of hydrogen-bond acceptors (Lipinski definition) is 4. The monoisotopic (exact) mass is 402 g/mol. The quantitative estimate of drug-likeness (QED) is 0.613. The average molecular weight is 402 g/mol. The number of fused-ring (bicyclic) bond motifs is 4. The van der Waals surface area contributed by atoms with Crippen LogP contribution in [0.25, 0.3) is 10.9 Å². The first kappa shape index (κ1) is 17.2. The van der Waals surface area contributed by atoms with Crippen LogP contribution in [0.15, 0.2) is 36.4 Å². The number of piperidine rings is 1. The number of rotatable bonds is 2. The van der Waals surface area contributed by atoms with Crippen molar-refractivity contribution in [2.45, 2.75) is 55.8 Å². The molecule has 5 nitrogen and oxygen atoms in total. The number of benzene rings is 2. The maximum atomic E-state index is 12.6. The van der Waals surface area contributed by atoms with E-state index in [0.29, 0.717) is 12.2 Å². The van der Waals surface area contributed by atoms with Crippen LogP contribution in [0.4, 0.5) is 0 Å². The molecule has 0 saturated carbocycles. The highest BCUT2D eigenvalue weighted by atomic mass is 16.5. The molecular formula is C25H26N2O3. The lowest BCUT2D eigenvalue weighted by molar-refractivity contribution is -0.172.